The molecule has 4 amide bonds. The topological polar surface area (TPSA) is 73.0 Å². The van der Waals surface area contributed by atoms with Crippen LogP contribution in [-0.2, 0) is 22.7 Å². The maximum absolute atomic E-state index is 14.1. The first-order valence-corrected chi connectivity index (χ1v) is 15.6. The van der Waals surface area contributed by atoms with Gasteiger partial charge >= 0.3 is 6.03 Å². The van der Waals surface area contributed by atoms with Crippen molar-refractivity contribution in [3.63, 3.8) is 0 Å². The molecule has 2 saturated heterocycles. The first kappa shape index (κ1) is 32.7. The lowest BCUT2D eigenvalue weighted by molar-refractivity contribution is -0.136. The van der Waals surface area contributed by atoms with Gasteiger partial charge in [-0.25, -0.2) is 4.79 Å². The molecule has 0 aliphatic carbocycles. The Kier molecular flexibility index (Phi) is 11.0. The molecule has 2 aliphatic heterocycles. The lowest BCUT2D eigenvalue weighted by Crippen LogP contribution is -2.56. The van der Waals surface area contributed by atoms with Gasteiger partial charge < -0.3 is 15.1 Å². The monoisotopic (exact) mass is 666 g/mol. The fraction of sp³-hybridized carbons (Fsp3) is 0.382. The molecule has 2 fully saturated rings. The summed E-state index contributed by atoms with van der Waals surface area (Å²) >= 11 is 3.46. The Morgan fingerprint density at radius 1 is 0.860 bits per heavy atom. The lowest BCUT2D eigenvalue weighted by Gasteiger charge is -2.42. The number of nitrogens with zero attached hydrogens (tertiary/aromatic N) is 3. The summed E-state index contributed by atoms with van der Waals surface area (Å²) in [6, 6.07) is 27.5. The van der Waals surface area contributed by atoms with Crippen LogP contribution in [0.4, 0.5) is 4.79 Å². The number of hydrogen-bond donors (Lipinski definition) is 1. The summed E-state index contributed by atoms with van der Waals surface area (Å²) in [4.78, 5) is 46.1. The Morgan fingerprint density at radius 3 is 2.05 bits per heavy atom. The number of amides is 4. The van der Waals surface area contributed by atoms with Gasteiger partial charge in [-0.05, 0) is 48.1 Å². The molecule has 3 aromatic carbocycles. The van der Waals surface area contributed by atoms with E-state index in [9.17, 15) is 14.4 Å². The molecule has 5 rings (SSSR count). The fourth-order valence-electron chi connectivity index (χ4n) is 5.97. The van der Waals surface area contributed by atoms with Gasteiger partial charge in [-0.2, -0.15) is 0 Å². The predicted octanol–water partition coefficient (Wildman–Crippen LogP) is 6.57. The summed E-state index contributed by atoms with van der Waals surface area (Å²) in [7, 11) is 0. The van der Waals surface area contributed by atoms with Crippen molar-refractivity contribution in [2.24, 2.45) is 5.92 Å². The van der Waals surface area contributed by atoms with Crippen molar-refractivity contribution in [2.45, 2.75) is 57.8 Å². The summed E-state index contributed by atoms with van der Waals surface area (Å²) in [5, 5.41) is 3.22. The second-order valence-electron chi connectivity index (χ2n) is 11.7. The number of rotatable bonds is 10. The zero-order chi connectivity index (χ0) is 29.7. The second kappa shape index (κ2) is 14.5. The standard InChI is InChI=1S/C34H39BrN4O3.ClH/c1-25(2)31(40)36-30(28-11-7-4-8-12-28)17-20-37-21-18-34(19-22-37)32(41)38(23-27-13-15-29(35)16-14-27)33(42)39(34)24-26-9-5-3-6-10-26;/h3-16,25,30H,17-24H2,1-2H3,(H,36,40);1H/t30-;/m0./s1. The number of carbonyl (C=O) groups excluding carboxylic acids is 3. The van der Waals surface area contributed by atoms with Crippen molar-refractivity contribution in [2.75, 3.05) is 19.6 Å². The van der Waals surface area contributed by atoms with Gasteiger partial charge in [0.1, 0.15) is 5.54 Å². The minimum absolute atomic E-state index is 0. The van der Waals surface area contributed by atoms with Crippen molar-refractivity contribution in [3.05, 3.63) is 106 Å². The van der Waals surface area contributed by atoms with E-state index >= 15 is 0 Å². The quantitative estimate of drug-likeness (QED) is 0.248. The molecular formula is C34H40BrClN4O3. The van der Waals surface area contributed by atoms with E-state index in [1.807, 2.05) is 91.5 Å². The van der Waals surface area contributed by atoms with E-state index in [0.717, 1.165) is 34.1 Å². The summed E-state index contributed by atoms with van der Waals surface area (Å²) in [5.74, 6) is -0.149. The SMILES string of the molecule is CC(C)C(=O)N[C@@H](CCN1CCC2(CC1)C(=O)N(Cc1ccc(Br)cc1)C(=O)N2Cc1ccccc1)c1ccccc1.Cl. The molecule has 228 valence electrons. The lowest BCUT2D eigenvalue weighted by atomic mass is 9.85. The number of likely N-dealkylation sites (tertiary alicyclic amines) is 1. The number of imide groups is 1. The van der Waals surface area contributed by atoms with Crippen LogP contribution in [0.3, 0.4) is 0 Å². The molecule has 43 heavy (non-hydrogen) atoms. The molecule has 1 atom stereocenters. The molecule has 2 heterocycles. The minimum atomic E-state index is -0.858. The Morgan fingerprint density at radius 2 is 1.44 bits per heavy atom. The second-order valence-corrected chi connectivity index (χ2v) is 12.6. The van der Waals surface area contributed by atoms with E-state index < -0.39 is 5.54 Å². The number of urea groups is 1. The van der Waals surface area contributed by atoms with Gasteiger partial charge in [0.15, 0.2) is 0 Å². The Bertz CT molecular complexity index is 1380. The number of carbonyl (C=O) groups is 3. The van der Waals surface area contributed by atoms with Crippen LogP contribution in [0.5, 0.6) is 0 Å². The highest BCUT2D eigenvalue weighted by molar-refractivity contribution is 9.10. The third-order valence-corrected chi connectivity index (χ3v) is 9.05. The van der Waals surface area contributed by atoms with Gasteiger partial charge in [0.05, 0.1) is 12.6 Å². The Labute approximate surface area is 269 Å². The number of halogens is 2. The van der Waals surface area contributed by atoms with Crippen LogP contribution in [0.25, 0.3) is 0 Å². The molecule has 7 nitrogen and oxygen atoms in total. The van der Waals surface area contributed by atoms with Gasteiger partial charge in [-0.3, -0.25) is 14.5 Å². The highest BCUT2D eigenvalue weighted by Gasteiger charge is 2.57. The first-order chi connectivity index (χ1) is 20.3. The average Bonchev–Trinajstić information content (AvgIpc) is 3.18. The number of hydrogen-bond acceptors (Lipinski definition) is 4. The van der Waals surface area contributed by atoms with E-state index in [0.29, 0.717) is 32.5 Å². The van der Waals surface area contributed by atoms with Crippen LogP contribution >= 0.6 is 28.3 Å². The fourth-order valence-corrected chi connectivity index (χ4v) is 6.23. The highest BCUT2D eigenvalue weighted by Crippen LogP contribution is 2.39. The molecular weight excluding hydrogens is 628 g/mol. The molecule has 0 radical (unpaired) electrons. The predicted molar refractivity (Wildman–Crippen MR) is 175 cm³/mol. The largest absolute Gasteiger partial charge is 0.349 e. The van der Waals surface area contributed by atoms with Crippen molar-refractivity contribution >= 4 is 46.2 Å². The maximum Gasteiger partial charge on any atom is 0.328 e. The molecule has 0 aromatic heterocycles. The van der Waals surface area contributed by atoms with Gasteiger partial charge in [0.2, 0.25) is 5.91 Å². The van der Waals surface area contributed by atoms with Crippen LogP contribution in [0.1, 0.15) is 55.8 Å². The van der Waals surface area contributed by atoms with Crippen LogP contribution in [0.15, 0.2) is 89.4 Å². The minimum Gasteiger partial charge on any atom is -0.349 e. The van der Waals surface area contributed by atoms with Crippen molar-refractivity contribution in [1.29, 1.82) is 0 Å². The van der Waals surface area contributed by atoms with Crippen LogP contribution in [-0.4, -0.2) is 57.7 Å². The van der Waals surface area contributed by atoms with Crippen LogP contribution in [0.2, 0.25) is 0 Å². The van der Waals surface area contributed by atoms with Gasteiger partial charge in [0.25, 0.3) is 5.91 Å². The molecule has 0 bridgehead atoms. The number of piperidine rings is 1. The Hall–Kier alpha value is -3.20. The zero-order valence-corrected chi connectivity index (χ0v) is 27.1. The number of nitrogens with one attached hydrogen (secondary N) is 1. The van der Waals surface area contributed by atoms with E-state index in [4.69, 9.17) is 0 Å². The first-order valence-electron chi connectivity index (χ1n) is 14.8. The van der Waals surface area contributed by atoms with E-state index in [1.54, 1.807) is 0 Å². The molecule has 9 heteroatoms. The molecule has 0 saturated carbocycles. The molecule has 2 aliphatic rings. The average molecular weight is 668 g/mol. The summed E-state index contributed by atoms with van der Waals surface area (Å²) < 4.78 is 0.957. The summed E-state index contributed by atoms with van der Waals surface area (Å²) in [5.41, 5.74) is 2.17. The van der Waals surface area contributed by atoms with Gasteiger partial charge in [0, 0.05) is 36.6 Å². The molecule has 1 spiro atoms. The van der Waals surface area contributed by atoms with E-state index in [-0.39, 0.29) is 48.8 Å². The van der Waals surface area contributed by atoms with Gasteiger partial charge in [-0.15, -0.1) is 12.4 Å². The summed E-state index contributed by atoms with van der Waals surface area (Å²) in [6.45, 7) is 6.67. The van der Waals surface area contributed by atoms with Gasteiger partial charge in [-0.1, -0.05) is 103 Å². The van der Waals surface area contributed by atoms with E-state index in [2.05, 4.69) is 38.3 Å². The third kappa shape index (κ3) is 7.48. The zero-order valence-electron chi connectivity index (χ0n) is 24.7. The van der Waals surface area contributed by atoms with Crippen molar-refractivity contribution < 1.29 is 14.4 Å². The summed E-state index contributed by atoms with van der Waals surface area (Å²) in [6.07, 6.45) is 1.93. The van der Waals surface area contributed by atoms with Crippen LogP contribution in [0, 0.1) is 5.92 Å². The molecule has 0 unspecified atom stereocenters. The highest BCUT2D eigenvalue weighted by atomic mass is 79.9. The Balaban J connectivity index is 0.00000423. The van der Waals surface area contributed by atoms with E-state index in [1.165, 1.54) is 4.90 Å². The smallest absolute Gasteiger partial charge is 0.328 e. The molecule has 3 aromatic rings. The normalized spacial score (nSPS) is 17.3. The third-order valence-electron chi connectivity index (χ3n) is 8.52. The molecule has 1 N–H and O–H groups in total. The van der Waals surface area contributed by atoms with Crippen LogP contribution < -0.4 is 5.32 Å². The van der Waals surface area contributed by atoms with Crippen molar-refractivity contribution in [3.8, 4) is 0 Å². The van der Waals surface area contributed by atoms with Crippen molar-refractivity contribution in [1.82, 2.24) is 20.0 Å². The maximum atomic E-state index is 14.1. The number of benzene rings is 3.